The Bertz CT molecular complexity index is 824. The summed E-state index contributed by atoms with van der Waals surface area (Å²) in [6.45, 7) is 4.47. The van der Waals surface area contributed by atoms with Gasteiger partial charge in [-0.2, -0.15) is 5.26 Å². The largest absolute Gasteiger partial charge is 0.333 e. The lowest BCUT2D eigenvalue weighted by atomic mass is 9.96. The summed E-state index contributed by atoms with van der Waals surface area (Å²) in [4.78, 5) is 15.5. The van der Waals surface area contributed by atoms with Crippen LogP contribution in [0, 0.1) is 11.3 Å². The van der Waals surface area contributed by atoms with E-state index in [4.69, 9.17) is 0 Å². The van der Waals surface area contributed by atoms with E-state index in [1.807, 2.05) is 0 Å². The number of rotatable bonds is 6. The Morgan fingerprint density at radius 2 is 1.47 bits per heavy atom. The van der Waals surface area contributed by atoms with Gasteiger partial charge >= 0.3 is 0 Å². The molecule has 1 saturated heterocycles. The molecule has 0 aromatic heterocycles. The number of quaternary nitrogens is 2. The van der Waals surface area contributed by atoms with Gasteiger partial charge in [0.1, 0.15) is 37.8 Å². The molecule has 30 heavy (non-hydrogen) atoms. The van der Waals surface area contributed by atoms with E-state index < -0.39 is 5.54 Å². The van der Waals surface area contributed by atoms with Crippen molar-refractivity contribution in [1.29, 1.82) is 5.26 Å². The SMILES string of the molecule is N#CC1(NC(=O)C[NH+]2CC[NH+](C(c3ccccc3)c3ccccc3)CC2)CCCC1. The number of amides is 1. The van der Waals surface area contributed by atoms with Gasteiger partial charge in [-0.05, 0) is 25.7 Å². The first-order valence-corrected chi connectivity index (χ1v) is 11.2. The molecule has 5 heteroatoms. The van der Waals surface area contributed by atoms with E-state index in [1.54, 1.807) is 4.90 Å². The summed E-state index contributed by atoms with van der Waals surface area (Å²) in [6, 6.07) is 24.2. The van der Waals surface area contributed by atoms with Crippen LogP contribution in [0.2, 0.25) is 0 Å². The highest BCUT2D eigenvalue weighted by Crippen LogP contribution is 2.28. The van der Waals surface area contributed by atoms with Crippen LogP contribution in [0.1, 0.15) is 42.9 Å². The summed E-state index contributed by atoms with van der Waals surface area (Å²) in [5, 5.41) is 12.6. The van der Waals surface area contributed by atoms with Crippen LogP contribution < -0.4 is 15.1 Å². The van der Waals surface area contributed by atoms with E-state index in [0.717, 1.165) is 51.9 Å². The van der Waals surface area contributed by atoms with Gasteiger partial charge in [0, 0.05) is 11.1 Å². The zero-order valence-corrected chi connectivity index (χ0v) is 17.6. The Morgan fingerprint density at radius 1 is 0.933 bits per heavy atom. The molecule has 3 N–H and O–H groups in total. The van der Waals surface area contributed by atoms with Crippen LogP contribution in [-0.2, 0) is 4.79 Å². The first-order valence-electron chi connectivity index (χ1n) is 11.2. The van der Waals surface area contributed by atoms with Crippen molar-refractivity contribution in [2.24, 2.45) is 0 Å². The molecule has 2 aromatic rings. The van der Waals surface area contributed by atoms with E-state index in [2.05, 4.69) is 72.0 Å². The van der Waals surface area contributed by atoms with Gasteiger partial charge in [0.15, 0.2) is 6.54 Å². The third-order valence-electron chi connectivity index (χ3n) is 6.73. The molecule has 1 aliphatic carbocycles. The van der Waals surface area contributed by atoms with E-state index in [9.17, 15) is 10.1 Å². The van der Waals surface area contributed by atoms with Crippen LogP contribution in [0.15, 0.2) is 60.7 Å². The molecule has 0 atom stereocenters. The Morgan fingerprint density at radius 3 is 1.97 bits per heavy atom. The lowest BCUT2D eigenvalue weighted by Gasteiger charge is -2.35. The monoisotopic (exact) mass is 404 g/mol. The number of nitrogens with zero attached hydrogens (tertiary/aromatic N) is 1. The van der Waals surface area contributed by atoms with Crippen LogP contribution in [0.25, 0.3) is 0 Å². The molecule has 0 spiro atoms. The van der Waals surface area contributed by atoms with Gasteiger partial charge in [-0.15, -0.1) is 0 Å². The highest BCUT2D eigenvalue weighted by atomic mass is 16.2. The predicted octanol–water partition coefficient (Wildman–Crippen LogP) is 0.512. The van der Waals surface area contributed by atoms with Gasteiger partial charge < -0.3 is 15.1 Å². The molecular weight excluding hydrogens is 372 g/mol. The minimum Gasteiger partial charge on any atom is -0.333 e. The van der Waals surface area contributed by atoms with Crippen LogP contribution in [0.3, 0.4) is 0 Å². The molecule has 1 heterocycles. The zero-order valence-electron chi connectivity index (χ0n) is 17.6. The fourth-order valence-electron chi connectivity index (χ4n) is 5.13. The maximum absolute atomic E-state index is 12.6. The predicted molar refractivity (Wildman–Crippen MR) is 116 cm³/mol. The van der Waals surface area contributed by atoms with Crippen LogP contribution in [0.5, 0.6) is 0 Å². The third-order valence-corrected chi connectivity index (χ3v) is 6.73. The standard InChI is InChI=1S/C25H30N4O/c26-20-25(13-7-8-14-25)27-23(30)19-28-15-17-29(18-16-28)24(21-9-3-1-4-10-21)22-11-5-2-6-12-22/h1-6,9-12,24H,7-8,13-19H2,(H,27,30)/p+2. The molecule has 0 radical (unpaired) electrons. The van der Waals surface area contributed by atoms with Crippen molar-refractivity contribution in [3.05, 3.63) is 71.8 Å². The highest BCUT2D eigenvalue weighted by molar-refractivity contribution is 5.78. The summed E-state index contributed by atoms with van der Waals surface area (Å²) in [5.41, 5.74) is 2.07. The van der Waals surface area contributed by atoms with Crippen molar-refractivity contribution >= 4 is 5.91 Å². The van der Waals surface area contributed by atoms with Crippen molar-refractivity contribution in [2.45, 2.75) is 37.3 Å². The number of carbonyl (C=O) groups excluding carboxylic acids is 1. The number of nitriles is 1. The maximum Gasteiger partial charge on any atom is 0.276 e. The molecule has 1 amide bonds. The Labute approximate surface area is 179 Å². The molecule has 0 unspecified atom stereocenters. The number of carbonyl (C=O) groups is 1. The first kappa shape index (κ1) is 20.6. The van der Waals surface area contributed by atoms with Crippen molar-refractivity contribution in [1.82, 2.24) is 5.32 Å². The normalized spacial score (nSPS) is 23.1. The molecule has 0 bridgehead atoms. The quantitative estimate of drug-likeness (QED) is 0.657. The fourth-order valence-corrected chi connectivity index (χ4v) is 5.13. The molecule has 2 aromatic carbocycles. The van der Waals surface area contributed by atoms with Crippen LogP contribution >= 0.6 is 0 Å². The van der Waals surface area contributed by atoms with E-state index >= 15 is 0 Å². The summed E-state index contributed by atoms with van der Waals surface area (Å²) in [7, 11) is 0. The first-order chi connectivity index (χ1) is 14.7. The second-order valence-electron chi connectivity index (χ2n) is 8.79. The molecule has 4 rings (SSSR count). The number of benzene rings is 2. The van der Waals surface area contributed by atoms with Crippen molar-refractivity contribution in [3.8, 4) is 6.07 Å². The summed E-state index contributed by atoms with van der Waals surface area (Å²) < 4.78 is 0. The average Bonchev–Trinajstić information content (AvgIpc) is 3.25. The van der Waals surface area contributed by atoms with Gasteiger partial charge in [0.05, 0.1) is 6.07 Å². The van der Waals surface area contributed by atoms with Crippen LogP contribution in [-0.4, -0.2) is 44.2 Å². The molecular formula is C25H32N4O+2. The van der Waals surface area contributed by atoms with Crippen molar-refractivity contribution in [3.63, 3.8) is 0 Å². The second kappa shape index (κ2) is 9.42. The molecule has 1 saturated carbocycles. The van der Waals surface area contributed by atoms with Gasteiger partial charge in [-0.1, -0.05) is 60.7 Å². The molecule has 1 aliphatic heterocycles. The Kier molecular flexibility index (Phi) is 6.47. The van der Waals surface area contributed by atoms with Gasteiger partial charge in [0.25, 0.3) is 5.91 Å². The molecule has 5 nitrogen and oxygen atoms in total. The molecule has 2 fully saturated rings. The van der Waals surface area contributed by atoms with E-state index in [-0.39, 0.29) is 5.91 Å². The minimum absolute atomic E-state index is 0.0274. The van der Waals surface area contributed by atoms with Gasteiger partial charge in [-0.25, -0.2) is 0 Å². The average molecular weight is 405 g/mol. The molecule has 156 valence electrons. The summed E-state index contributed by atoms with van der Waals surface area (Å²) in [6.07, 6.45) is 3.64. The molecule has 2 aliphatic rings. The summed E-state index contributed by atoms with van der Waals surface area (Å²) >= 11 is 0. The van der Waals surface area contributed by atoms with Gasteiger partial charge in [0.2, 0.25) is 0 Å². The maximum atomic E-state index is 12.6. The van der Waals surface area contributed by atoms with E-state index in [0.29, 0.717) is 12.6 Å². The third kappa shape index (κ3) is 4.72. The van der Waals surface area contributed by atoms with Crippen LogP contribution in [0.4, 0.5) is 0 Å². The van der Waals surface area contributed by atoms with Gasteiger partial charge in [-0.3, -0.25) is 4.79 Å². The zero-order chi connectivity index (χ0) is 20.8. The fraction of sp³-hybridized carbons (Fsp3) is 0.440. The number of piperazine rings is 1. The minimum atomic E-state index is -0.616. The number of hydrogen-bond acceptors (Lipinski definition) is 2. The van der Waals surface area contributed by atoms with Crippen molar-refractivity contribution in [2.75, 3.05) is 32.7 Å². The second-order valence-corrected chi connectivity index (χ2v) is 8.79. The topological polar surface area (TPSA) is 61.8 Å². The Hall–Kier alpha value is -2.68. The van der Waals surface area contributed by atoms with Crippen molar-refractivity contribution < 1.29 is 14.6 Å². The highest BCUT2D eigenvalue weighted by Gasteiger charge is 2.37. The van der Waals surface area contributed by atoms with E-state index in [1.165, 1.54) is 16.0 Å². The lowest BCUT2D eigenvalue weighted by molar-refractivity contribution is -1.02. The smallest absolute Gasteiger partial charge is 0.276 e. The lowest BCUT2D eigenvalue weighted by Crippen LogP contribution is -3.28. The number of hydrogen-bond donors (Lipinski definition) is 3. The Balaban J connectivity index is 1.38. The number of nitrogens with one attached hydrogen (secondary N) is 3. The summed E-state index contributed by atoms with van der Waals surface area (Å²) in [5.74, 6) is 0.0274.